The van der Waals surface area contributed by atoms with Gasteiger partial charge in [0, 0.05) is 38.6 Å². The van der Waals surface area contributed by atoms with Gasteiger partial charge in [-0.3, -0.25) is 0 Å². The molecule has 266 valence electrons. The molecule has 0 radical (unpaired) electrons. The highest BCUT2D eigenvalue weighted by atomic mass is 16.3. The van der Waals surface area contributed by atoms with Crippen LogP contribution < -0.4 is 0 Å². The lowest BCUT2D eigenvalue weighted by Gasteiger charge is -2.13. The van der Waals surface area contributed by atoms with E-state index in [1.54, 1.807) is 0 Å². The molecule has 0 N–H and O–H groups in total. The van der Waals surface area contributed by atoms with E-state index >= 15 is 0 Å². The summed E-state index contributed by atoms with van der Waals surface area (Å²) in [5.41, 5.74) is 13.7. The van der Waals surface area contributed by atoms with E-state index in [0.29, 0.717) is 5.82 Å². The Morgan fingerprint density at radius 1 is 0.351 bits per heavy atom. The first-order chi connectivity index (χ1) is 28.2. The van der Waals surface area contributed by atoms with Gasteiger partial charge >= 0.3 is 0 Å². The maximum atomic E-state index is 6.69. The van der Waals surface area contributed by atoms with Crippen molar-refractivity contribution in [2.45, 2.75) is 0 Å². The van der Waals surface area contributed by atoms with Crippen LogP contribution in [0.1, 0.15) is 0 Å². The van der Waals surface area contributed by atoms with Gasteiger partial charge in [0.25, 0.3) is 0 Å². The smallest absolute Gasteiger partial charge is 0.160 e. The third kappa shape index (κ3) is 5.74. The van der Waals surface area contributed by atoms with Crippen molar-refractivity contribution in [1.82, 2.24) is 15.0 Å². The molecule has 0 spiro atoms. The quantitative estimate of drug-likeness (QED) is 0.171. The predicted octanol–water partition coefficient (Wildman–Crippen LogP) is 14.1. The van der Waals surface area contributed by atoms with E-state index < -0.39 is 0 Å². The number of rotatable bonds is 6. The summed E-state index contributed by atoms with van der Waals surface area (Å²) in [6.07, 6.45) is 0. The van der Waals surface area contributed by atoms with E-state index in [1.165, 1.54) is 16.3 Å². The number of pyridine rings is 1. The van der Waals surface area contributed by atoms with E-state index in [1.807, 2.05) is 36.4 Å². The number of furan rings is 1. The second-order valence-corrected chi connectivity index (χ2v) is 14.3. The zero-order chi connectivity index (χ0) is 37.7. The molecule has 8 aromatic carbocycles. The Bertz CT molecular complexity index is 3260. The van der Waals surface area contributed by atoms with Crippen molar-refractivity contribution in [3.05, 3.63) is 200 Å². The minimum atomic E-state index is 0.679. The molecule has 0 unspecified atom stereocenters. The van der Waals surface area contributed by atoms with Gasteiger partial charge < -0.3 is 4.42 Å². The van der Waals surface area contributed by atoms with Crippen LogP contribution in [0, 0.1) is 0 Å². The Labute approximate surface area is 329 Å². The molecular formula is C53H33N3O. The molecule has 0 aliphatic heterocycles. The molecule has 11 rings (SSSR count). The fourth-order valence-electron chi connectivity index (χ4n) is 8.09. The summed E-state index contributed by atoms with van der Waals surface area (Å²) in [6, 6.07) is 69.5. The van der Waals surface area contributed by atoms with E-state index in [9.17, 15) is 0 Å². The van der Waals surface area contributed by atoms with Gasteiger partial charge in [-0.1, -0.05) is 182 Å². The Balaban J connectivity index is 1.06. The molecule has 0 aliphatic rings. The van der Waals surface area contributed by atoms with Crippen molar-refractivity contribution in [2.24, 2.45) is 0 Å². The molecule has 0 atom stereocenters. The van der Waals surface area contributed by atoms with Crippen LogP contribution >= 0.6 is 0 Å². The number of aromatic nitrogens is 3. The van der Waals surface area contributed by atoms with Gasteiger partial charge in [-0.25, -0.2) is 15.0 Å². The average molecular weight is 728 g/mol. The fourth-order valence-corrected chi connectivity index (χ4v) is 8.09. The number of benzene rings is 8. The molecule has 57 heavy (non-hydrogen) atoms. The average Bonchev–Trinajstić information content (AvgIpc) is 3.69. The lowest BCUT2D eigenvalue weighted by Crippen LogP contribution is -1.96. The standard InChI is InChI=1S/C53H33N3O/c1-3-13-34(14-4-1)35-25-31-40(32-26-35)53-54-46(37-16-5-2-6-17-37)33-47(55-53)38-27-29-39(30-28-38)50-49-44-20-9-10-24-48(44)57-52(49)45-23-12-22-43(51(45)56-50)42-21-11-18-36-15-7-8-19-41(36)42/h1-33H. The van der Waals surface area contributed by atoms with Gasteiger partial charge in [-0.2, -0.15) is 0 Å². The molecule has 11 aromatic rings. The van der Waals surface area contributed by atoms with Crippen LogP contribution in [0.15, 0.2) is 205 Å². The van der Waals surface area contributed by atoms with Crippen LogP contribution in [0.25, 0.3) is 111 Å². The number of nitrogens with zero attached hydrogens (tertiary/aromatic N) is 3. The second-order valence-electron chi connectivity index (χ2n) is 14.3. The molecule has 4 nitrogen and oxygen atoms in total. The normalized spacial score (nSPS) is 11.5. The Hall–Kier alpha value is -7.69. The SMILES string of the molecule is c1ccc(-c2ccc(-c3nc(-c4ccccc4)cc(-c4ccc(-c5nc6c(-c7cccc8ccccc78)cccc6c6oc7ccccc7c56)cc4)n3)cc2)cc1. The number of hydrogen-bond donors (Lipinski definition) is 0. The summed E-state index contributed by atoms with van der Waals surface area (Å²) < 4.78 is 6.69. The van der Waals surface area contributed by atoms with Crippen molar-refractivity contribution >= 4 is 43.6 Å². The zero-order valence-electron chi connectivity index (χ0n) is 30.8. The van der Waals surface area contributed by atoms with Crippen molar-refractivity contribution < 1.29 is 4.42 Å². The van der Waals surface area contributed by atoms with E-state index in [4.69, 9.17) is 19.4 Å². The highest BCUT2D eigenvalue weighted by molar-refractivity contribution is 6.21. The summed E-state index contributed by atoms with van der Waals surface area (Å²) >= 11 is 0. The Kier molecular flexibility index (Phi) is 7.78. The topological polar surface area (TPSA) is 51.8 Å². The summed E-state index contributed by atoms with van der Waals surface area (Å²) in [5, 5.41) is 5.43. The number of hydrogen-bond acceptors (Lipinski definition) is 4. The minimum Gasteiger partial charge on any atom is -0.455 e. The van der Waals surface area contributed by atoms with Crippen molar-refractivity contribution in [1.29, 1.82) is 0 Å². The summed E-state index contributed by atoms with van der Waals surface area (Å²) in [4.78, 5) is 15.8. The molecule has 4 heteroatoms. The van der Waals surface area contributed by atoms with Crippen LogP contribution in [0.4, 0.5) is 0 Å². The van der Waals surface area contributed by atoms with Crippen LogP contribution in [0.5, 0.6) is 0 Å². The first kappa shape index (κ1) is 32.7. The van der Waals surface area contributed by atoms with Crippen LogP contribution in [0.3, 0.4) is 0 Å². The zero-order valence-corrected chi connectivity index (χ0v) is 30.8. The molecule has 3 heterocycles. The third-order valence-corrected chi connectivity index (χ3v) is 10.9. The molecular weight excluding hydrogens is 695 g/mol. The van der Waals surface area contributed by atoms with E-state index in [-0.39, 0.29) is 0 Å². The summed E-state index contributed by atoms with van der Waals surface area (Å²) in [7, 11) is 0. The van der Waals surface area contributed by atoms with Crippen molar-refractivity contribution in [3.8, 4) is 67.4 Å². The second kappa shape index (κ2) is 13.6. The van der Waals surface area contributed by atoms with Gasteiger partial charge in [-0.15, -0.1) is 0 Å². The lowest BCUT2D eigenvalue weighted by atomic mass is 9.94. The van der Waals surface area contributed by atoms with Crippen molar-refractivity contribution in [3.63, 3.8) is 0 Å². The van der Waals surface area contributed by atoms with Gasteiger partial charge in [0.1, 0.15) is 11.2 Å². The number of fused-ring (bicyclic) bond motifs is 6. The van der Waals surface area contributed by atoms with Gasteiger partial charge in [0.15, 0.2) is 5.82 Å². The fraction of sp³-hybridized carbons (Fsp3) is 0. The molecule has 0 aliphatic carbocycles. The largest absolute Gasteiger partial charge is 0.455 e. The molecule has 3 aromatic heterocycles. The first-order valence-electron chi connectivity index (χ1n) is 19.2. The van der Waals surface area contributed by atoms with E-state index in [0.717, 1.165) is 88.9 Å². The molecule has 0 saturated carbocycles. The minimum absolute atomic E-state index is 0.679. The summed E-state index contributed by atoms with van der Waals surface area (Å²) in [6.45, 7) is 0. The molecule has 0 saturated heterocycles. The van der Waals surface area contributed by atoms with Crippen LogP contribution in [0.2, 0.25) is 0 Å². The molecule has 0 fully saturated rings. The first-order valence-corrected chi connectivity index (χ1v) is 19.2. The maximum Gasteiger partial charge on any atom is 0.160 e. The van der Waals surface area contributed by atoms with Gasteiger partial charge in [0.2, 0.25) is 0 Å². The van der Waals surface area contributed by atoms with Crippen LogP contribution in [-0.2, 0) is 0 Å². The Morgan fingerprint density at radius 2 is 0.877 bits per heavy atom. The highest BCUT2D eigenvalue weighted by Crippen LogP contribution is 2.43. The van der Waals surface area contributed by atoms with Gasteiger partial charge in [0.05, 0.1) is 28.0 Å². The molecule has 0 amide bonds. The molecule has 0 bridgehead atoms. The third-order valence-electron chi connectivity index (χ3n) is 10.9. The van der Waals surface area contributed by atoms with Gasteiger partial charge in [-0.05, 0) is 45.7 Å². The predicted molar refractivity (Wildman–Crippen MR) is 235 cm³/mol. The summed E-state index contributed by atoms with van der Waals surface area (Å²) in [5.74, 6) is 0.679. The van der Waals surface area contributed by atoms with Crippen LogP contribution in [-0.4, -0.2) is 15.0 Å². The Morgan fingerprint density at radius 3 is 1.65 bits per heavy atom. The number of para-hydroxylation sites is 2. The monoisotopic (exact) mass is 727 g/mol. The van der Waals surface area contributed by atoms with E-state index in [2.05, 4.69) is 164 Å². The highest BCUT2D eigenvalue weighted by Gasteiger charge is 2.21. The van der Waals surface area contributed by atoms with Crippen molar-refractivity contribution in [2.75, 3.05) is 0 Å². The lowest BCUT2D eigenvalue weighted by molar-refractivity contribution is 0.672. The maximum absolute atomic E-state index is 6.69.